The molecule has 1 atom stereocenters. The van der Waals surface area contributed by atoms with E-state index in [4.69, 9.17) is 5.11 Å². The van der Waals surface area contributed by atoms with Crippen molar-refractivity contribution in [1.82, 2.24) is 9.88 Å². The van der Waals surface area contributed by atoms with Gasteiger partial charge in [-0.05, 0) is 19.3 Å². The van der Waals surface area contributed by atoms with Crippen LogP contribution in [0.1, 0.15) is 42.7 Å². The summed E-state index contributed by atoms with van der Waals surface area (Å²) in [6.07, 6.45) is 3.50. The van der Waals surface area contributed by atoms with Crippen molar-refractivity contribution >= 4 is 17.6 Å². The van der Waals surface area contributed by atoms with Gasteiger partial charge in [0.25, 0.3) is 11.6 Å². The fraction of sp³-hybridized carbons (Fsp3) is 0.538. The Labute approximate surface area is 120 Å². The molecule has 0 aromatic carbocycles. The molecule has 8 nitrogen and oxygen atoms in total. The monoisotopic (exact) mass is 295 g/mol. The second-order valence-corrected chi connectivity index (χ2v) is 5.26. The SMILES string of the molecule is CC(CCNC(=O)c1cc([N+](=O)[O-])cn1C1CC1)C(=O)O. The molecule has 2 rings (SSSR count). The Balaban J connectivity index is 2.01. The number of carbonyl (C=O) groups is 2. The molecule has 0 radical (unpaired) electrons. The summed E-state index contributed by atoms with van der Waals surface area (Å²) in [6.45, 7) is 1.78. The first-order valence-corrected chi connectivity index (χ1v) is 6.77. The van der Waals surface area contributed by atoms with E-state index in [-0.39, 0.29) is 24.0 Å². The summed E-state index contributed by atoms with van der Waals surface area (Å²) < 4.78 is 1.63. The predicted molar refractivity (Wildman–Crippen MR) is 73.1 cm³/mol. The first-order valence-electron chi connectivity index (χ1n) is 6.77. The van der Waals surface area contributed by atoms with E-state index in [2.05, 4.69) is 5.32 Å². The van der Waals surface area contributed by atoms with Crippen LogP contribution in [0.4, 0.5) is 5.69 Å². The van der Waals surface area contributed by atoms with Crippen LogP contribution in [0.5, 0.6) is 0 Å². The molecule has 8 heteroatoms. The zero-order valence-corrected chi connectivity index (χ0v) is 11.6. The molecular weight excluding hydrogens is 278 g/mol. The van der Waals surface area contributed by atoms with Crippen LogP contribution in [0.3, 0.4) is 0 Å². The van der Waals surface area contributed by atoms with Crippen LogP contribution in [-0.2, 0) is 4.79 Å². The molecule has 1 saturated carbocycles. The minimum atomic E-state index is -0.916. The zero-order valence-electron chi connectivity index (χ0n) is 11.6. The Morgan fingerprint density at radius 2 is 2.24 bits per heavy atom. The van der Waals surface area contributed by atoms with Gasteiger partial charge >= 0.3 is 5.97 Å². The summed E-state index contributed by atoms with van der Waals surface area (Å²) in [6, 6.07) is 1.41. The molecule has 0 aliphatic heterocycles. The van der Waals surface area contributed by atoms with E-state index in [0.29, 0.717) is 6.42 Å². The second-order valence-electron chi connectivity index (χ2n) is 5.26. The molecule has 1 aromatic heterocycles. The van der Waals surface area contributed by atoms with Gasteiger partial charge in [-0.15, -0.1) is 0 Å². The number of aromatic nitrogens is 1. The second kappa shape index (κ2) is 5.94. The number of hydrogen-bond donors (Lipinski definition) is 2. The first kappa shape index (κ1) is 15.0. The van der Waals surface area contributed by atoms with Gasteiger partial charge < -0.3 is 15.0 Å². The van der Waals surface area contributed by atoms with Crippen LogP contribution in [0.15, 0.2) is 12.3 Å². The third kappa shape index (κ3) is 3.59. The molecular formula is C13H17N3O5. The van der Waals surface area contributed by atoms with E-state index in [1.54, 1.807) is 11.5 Å². The number of aliphatic carboxylic acids is 1. The van der Waals surface area contributed by atoms with Gasteiger partial charge in [0, 0.05) is 18.7 Å². The van der Waals surface area contributed by atoms with E-state index in [9.17, 15) is 19.7 Å². The van der Waals surface area contributed by atoms with Crippen molar-refractivity contribution in [3.63, 3.8) is 0 Å². The molecule has 1 aromatic rings. The Bertz CT molecular complexity index is 576. The topological polar surface area (TPSA) is 114 Å². The number of carboxylic acids is 1. The standard InChI is InChI=1S/C13H17N3O5/c1-8(13(18)19)4-5-14-12(17)11-6-10(16(20)21)7-15(11)9-2-3-9/h6-9H,2-5H2,1H3,(H,14,17)(H,18,19). The van der Waals surface area contributed by atoms with Gasteiger partial charge in [-0.3, -0.25) is 19.7 Å². The third-order valence-corrected chi connectivity index (χ3v) is 3.50. The van der Waals surface area contributed by atoms with E-state index < -0.39 is 22.7 Å². The van der Waals surface area contributed by atoms with Crippen molar-refractivity contribution in [2.75, 3.05) is 6.54 Å². The van der Waals surface area contributed by atoms with Gasteiger partial charge in [0.05, 0.1) is 17.0 Å². The Kier molecular flexibility index (Phi) is 4.25. The molecule has 1 amide bonds. The summed E-state index contributed by atoms with van der Waals surface area (Å²) in [7, 11) is 0. The lowest BCUT2D eigenvalue weighted by atomic mass is 10.1. The van der Waals surface area contributed by atoms with Crippen LogP contribution in [0.25, 0.3) is 0 Å². The summed E-state index contributed by atoms with van der Waals surface area (Å²) in [5.74, 6) is -1.87. The maximum atomic E-state index is 12.1. The highest BCUT2D eigenvalue weighted by atomic mass is 16.6. The summed E-state index contributed by atoms with van der Waals surface area (Å²) >= 11 is 0. The lowest BCUT2D eigenvalue weighted by molar-refractivity contribution is -0.384. The van der Waals surface area contributed by atoms with Gasteiger partial charge in [-0.2, -0.15) is 0 Å². The van der Waals surface area contributed by atoms with E-state index in [1.165, 1.54) is 12.3 Å². The average Bonchev–Trinajstić information content (AvgIpc) is 3.16. The number of nitro groups is 1. The maximum absolute atomic E-state index is 12.1. The van der Waals surface area contributed by atoms with Crippen molar-refractivity contribution in [3.8, 4) is 0 Å². The summed E-state index contributed by atoms with van der Waals surface area (Å²) in [5.41, 5.74) is 0.151. The van der Waals surface area contributed by atoms with Crippen LogP contribution in [0, 0.1) is 16.0 Å². The fourth-order valence-corrected chi connectivity index (χ4v) is 2.02. The molecule has 114 valence electrons. The van der Waals surface area contributed by atoms with Crippen LogP contribution in [0.2, 0.25) is 0 Å². The van der Waals surface area contributed by atoms with Crippen molar-refractivity contribution in [2.45, 2.75) is 32.2 Å². The maximum Gasteiger partial charge on any atom is 0.306 e. The van der Waals surface area contributed by atoms with Gasteiger partial charge in [-0.25, -0.2) is 0 Å². The van der Waals surface area contributed by atoms with Crippen molar-refractivity contribution in [1.29, 1.82) is 0 Å². The highest BCUT2D eigenvalue weighted by Gasteiger charge is 2.30. The molecule has 2 N–H and O–H groups in total. The van der Waals surface area contributed by atoms with Crippen molar-refractivity contribution in [3.05, 3.63) is 28.1 Å². The predicted octanol–water partition coefficient (Wildman–Crippen LogP) is 1.57. The first-order chi connectivity index (χ1) is 9.90. The Morgan fingerprint density at radius 1 is 1.57 bits per heavy atom. The molecule has 0 saturated heterocycles. The molecule has 1 heterocycles. The number of nitrogens with zero attached hydrogens (tertiary/aromatic N) is 2. The normalized spacial score (nSPS) is 15.5. The van der Waals surface area contributed by atoms with Gasteiger partial charge in [-0.1, -0.05) is 6.92 Å². The number of carboxylic acid groups (broad SMARTS) is 1. The van der Waals surface area contributed by atoms with Gasteiger partial charge in [0.15, 0.2) is 0 Å². The number of hydrogen-bond acceptors (Lipinski definition) is 4. The molecule has 1 fully saturated rings. The molecule has 1 aliphatic rings. The highest BCUT2D eigenvalue weighted by molar-refractivity contribution is 5.93. The van der Waals surface area contributed by atoms with Crippen molar-refractivity contribution in [2.24, 2.45) is 5.92 Å². The van der Waals surface area contributed by atoms with E-state index in [0.717, 1.165) is 12.8 Å². The zero-order chi connectivity index (χ0) is 15.6. The largest absolute Gasteiger partial charge is 0.481 e. The van der Waals surface area contributed by atoms with E-state index in [1.807, 2.05) is 0 Å². The fourth-order valence-electron chi connectivity index (χ4n) is 2.02. The minimum absolute atomic E-state index is 0.106. The lowest BCUT2D eigenvalue weighted by Gasteiger charge is -2.09. The summed E-state index contributed by atoms with van der Waals surface area (Å²) in [5, 5.41) is 22.2. The van der Waals surface area contributed by atoms with Crippen LogP contribution < -0.4 is 5.32 Å². The quantitative estimate of drug-likeness (QED) is 0.585. The highest BCUT2D eigenvalue weighted by Crippen LogP contribution is 2.37. The Hall–Kier alpha value is -2.38. The molecule has 21 heavy (non-hydrogen) atoms. The van der Waals surface area contributed by atoms with Gasteiger partial charge in [0.2, 0.25) is 0 Å². The van der Waals surface area contributed by atoms with Crippen LogP contribution >= 0.6 is 0 Å². The Morgan fingerprint density at radius 3 is 2.76 bits per heavy atom. The van der Waals surface area contributed by atoms with E-state index >= 15 is 0 Å². The minimum Gasteiger partial charge on any atom is -0.481 e. The smallest absolute Gasteiger partial charge is 0.306 e. The molecule has 1 unspecified atom stereocenters. The van der Waals surface area contributed by atoms with Crippen molar-refractivity contribution < 1.29 is 19.6 Å². The third-order valence-electron chi connectivity index (χ3n) is 3.50. The number of nitrogens with one attached hydrogen (secondary N) is 1. The number of amides is 1. The summed E-state index contributed by atoms with van der Waals surface area (Å²) in [4.78, 5) is 33.0. The molecule has 0 bridgehead atoms. The van der Waals surface area contributed by atoms with Crippen LogP contribution in [-0.4, -0.2) is 33.0 Å². The number of rotatable bonds is 7. The average molecular weight is 295 g/mol. The molecule has 0 spiro atoms. The van der Waals surface area contributed by atoms with Gasteiger partial charge in [0.1, 0.15) is 5.69 Å². The molecule has 1 aliphatic carbocycles. The lowest BCUT2D eigenvalue weighted by Crippen LogP contribution is -2.28. The number of carbonyl (C=O) groups excluding carboxylic acids is 1.